The van der Waals surface area contributed by atoms with Gasteiger partial charge in [-0.05, 0) is 18.9 Å². The number of carbonyl (C=O) groups excluding carboxylic acids is 1. The van der Waals surface area contributed by atoms with Crippen LogP contribution in [0.25, 0.3) is 0 Å². The highest BCUT2D eigenvalue weighted by Gasteiger charge is 2.17. The molecule has 1 amide bonds. The zero-order chi connectivity index (χ0) is 12.0. The third kappa shape index (κ3) is 3.02. The smallest absolute Gasteiger partial charge is 0.256 e. The van der Waals surface area contributed by atoms with Crippen LogP contribution >= 0.6 is 0 Å². The molecule has 0 aliphatic rings. The van der Waals surface area contributed by atoms with Crippen molar-refractivity contribution in [2.75, 3.05) is 13.1 Å². The SMILES string of the molecule is CCCN(CCC)C(=O)c1ccncc1F. The molecule has 0 radical (unpaired) electrons. The Labute approximate surface area is 95.3 Å². The van der Waals surface area contributed by atoms with Gasteiger partial charge in [0.05, 0.1) is 11.8 Å². The molecular formula is C12H17FN2O. The van der Waals surface area contributed by atoms with Gasteiger partial charge in [0.1, 0.15) is 0 Å². The van der Waals surface area contributed by atoms with Crippen LogP contribution in [-0.2, 0) is 0 Å². The second kappa shape index (κ2) is 6.20. The van der Waals surface area contributed by atoms with Crippen LogP contribution in [0.4, 0.5) is 4.39 Å². The first-order valence-corrected chi connectivity index (χ1v) is 5.59. The zero-order valence-corrected chi connectivity index (χ0v) is 9.74. The Hall–Kier alpha value is -1.45. The van der Waals surface area contributed by atoms with Crippen molar-refractivity contribution in [2.24, 2.45) is 0 Å². The number of aromatic nitrogens is 1. The highest BCUT2D eigenvalue weighted by atomic mass is 19.1. The number of rotatable bonds is 5. The number of pyridine rings is 1. The standard InChI is InChI=1S/C12H17FN2O/c1-3-7-15(8-4-2)12(16)10-5-6-14-9-11(10)13/h5-6,9H,3-4,7-8H2,1-2H3. The lowest BCUT2D eigenvalue weighted by Crippen LogP contribution is -2.33. The summed E-state index contributed by atoms with van der Waals surface area (Å²) in [6.45, 7) is 5.32. The topological polar surface area (TPSA) is 33.2 Å². The van der Waals surface area contributed by atoms with E-state index in [4.69, 9.17) is 0 Å². The molecule has 0 bridgehead atoms. The van der Waals surface area contributed by atoms with Crippen LogP contribution in [0, 0.1) is 5.82 Å². The zero-order valence-electron chi connectivity index (χ0n) is 9.74. The van der Waals surface area contributed by atoms with Gasteiger partial charge >= 0.3 is 0 Å². The lowest BCUT2D eigenvalue weighted by Gasteiger charge is -2.21. The number of carbonyl (C=O) groups is 1. The van der Waals surface area contributed by atoms with Crippen molar-refractivity contribution < 1.29 is 9.18 Å². The maximum absolute atomic E-state index is 13.4. The predicted molar refractivity (Wildman–Crippen MR) is 60.7 cm³/mol. The van der Waals surface area contributed by atoms with E-state index in [-0.39, 0.29) is 11.5 Å². The first-order chi connectivity index (χ1) is 7.70. The number of hydrogen-bond acceptors (Lipinski definition) is 2. The van der Waals surface area contributed by atoms with E-state index in [1.54, 1.807) is 4.90 Å². The highest BCUT2D eigenvalue weighted by molar-refractivity contribution is 5.94. The first-order valence-electron chi connectivity index (χ1n) is 5.59. The predicted octanol–water partition coefficient (Wildman–Crippen LogP) is 2.48. The van der Waals surface area contributed by atoms with Crippen LogP contribution in [0.1, 0.15) is 37.0 Å². The Morgan fingerprint density at radius 1 is 1.38 bits per heavy atom. The monoisotopic (exact) mass is 224 g/mol. The number of hydrogen-bond donors (Lipinski definition) is 0. The minimum absolute atomic E-state index is 0.108. The third-order valence-electron chi connectivity index (χ3n) is 2.28. The molecule has 0 aliphatic heterocycles. The van der Waals surface area contributed by atoms with Crippen LogP contribution < -0.4 is 0 Å². The normalized spacial score (nSPS) is 10.2. The van der Waals surface area contributed by atoms with Gasteiger partial charge in [0.2, 0.25) is 0 Å². The Bertz CT molecular complexity index is 349. The Kier molecular flexibility index (Phi) is 4.89. The highest BCUT2D eigenvalue weighted by Crippen LogP contribution is 2.09. The lowest BCUT2D eigenvalue weighted by atomic mass is 10.2. The van der Waals surface area contributed by atoms with Gasteiger partial charge in [-0.2, -0.15) is 0 Å². The van der Waals surface area contributed by atoms with E-state index >= 15 is 0 Å². The first kappa shape index (κ1) is 12.6. The van der Waals surface area contributed by atoms with Crippen molar-refractivity contribution in [3.8, 4) is 0 Å². The maximum atomic E-state index is 13.4. The van der Waals surface area contributed by atoms with E-state index in [1.807, 2.05) is 13.8 Å². The molecule has 0 aromatic carbocycles. The van der Waals surface area contributed by atoms with Crippen molar-refractivity contribution in [3.63, 3.8) is 0 Å². The van der Waals surface area contributed by atoms with E-state index in [2.05, 4.69) is 4.98 Å². The fourth-order valence-electron chi connectivity index (χ4n) is 1.57. The lowest BCUT2D eigenvalue weighted by molar-refractivity contribution is 0.0750. The molecule has 0 aliphatic carbocycles. The minimum Gasteiger partial charge on any atom is -0.339 e. The van der Waals surface area contributed by atoms with Crippen LogP contribution in [0.5, 0.6) is 0 Å². The van der Waals surface area contributed by atoms with E-state index in [0.29, 0.717) is 13.1 Å². The maximum Gasteiger partial charge on any atom is 0.256 e. The molecule has 1 heterocycles. The molecule has 88 valence electrons. The van der Waals surface area contributed by atoms with Gasteiger partial charge in [0.25, 0.3) is 5.91 Å². The number of amides is 1. The van der Waals surface area contributed by atoms with E-state index < -0.39 is 5.82 Å². The molecule has 0 unspecified atom stereocenters. The Balaban J connectivity index is 2.85. The van der Waals surface area contributed by atoms with Crippen LogP contribution in [-0.4, -0.2) is 28.9 Å². The molecule has 3 nitrogen and oxygen atoms in total. The fraction of sp³-hybridized carbons (Fsp3) is 0.500. The summed E-state index contributed by atoms with van der Waals surface area (Å²) in [7, 11) is 0. The Morgan fingerprint density at radius 3 is 2.50 bits per heavy atom. The second-order valence-electron chi connectivity index (χ2n) is 3.65. The molecule has 0 N–H and O–H groups in total. The quantitative estimate of drug-likeness (QED) is 0.769. The summed E-state index contributed by atoms with van der Waals surface area (Å²) in [4.78, 5) is 17.3. The van der Waals surface area contributed by atoms with Crippen LogP contribution in [0.15, 0.2) is 18.5 Å². The largest absolute Gasteiger partial charge is 0.339 e. The van der Waals surface area contributed by atoms with Crippen molar-refractivity contribution in [1.82, 2.24) is 9.88 Å². The van der Waals surface area contributed by atoms with Gasteiger partial charge in [-0.1, -0.05) is 13.8 Å². The molecule has 16 heavy (non-hydrogen) atoms. The summed E-state index contributed by atoms with van der Waals surface area (Å²) in [5.41, 5.74) is 0.108. The number of nitrogens with zero attached hydrogens (tertiary/aromatic N) is 2. The summed E-state index contributed by atoms with van der Waals surface area (Å²) in [6, 6.07) is 1.43. The Morgan fingerprint density at radius 2 is 2.00 bits per heavy atom. The molecule has 0 atom stereocenters. The summed E-state index contributed by atoms with van der Waals surface area (Å²) in [6.07, 6.45) is 4.26. The van der Waals surface area contributed by atoms with Gasteiger partial charge in [0.15, 0.2) is 5.82 Å². The van der Waals surface area contributed by atoms with Gasteiger partial charge in [0, 0.05) is 19.3 Å². The van der Waals surface area contributed by atoms with Gasteiger partial charge in [-0.15, -0.1) is 0 Å². The average molecular weight is 224 g/mol. The van der Waals surface area contributed by atoms with Crippen molar-refractivity contribution >= 4 is 5.91 Å². The molecule has 0 saturated heterocycles. The van der Waals surface area contributed by atoms with Gasteiger partial charge < -0.3 is 4.90 Å². The van der Waals surface area contributed by atoms with Crippen LogP contribution in [0.3, 0.4) is 0 Å². The summed E-state index contributed by atoms with van der Waals surface area (Å²) in [5.74, 6) is -0.798. The molecule has 1 aromatic rings. The second-order valence-corrected chi connectivity index (χ2v) is 3.65. The molecule has 1 aromatic heterocycles. The van der Waals surface area contributed by atoms with E-state index in [0.717, 1.165) is 19.0 Å². The number of halogens is 1. The minimum atomic E-state index is -0.551. The molecule has 0 fully saturated rings. The molecule has 4 heteroatoms. The van der Waals surface area contributed by atoms with Gasteiger partial charge in [-0.25, -0.2) is 4.39 Å². The van der Waals surface area contributed by atoms with Gasteiger partial charge in [-0.3, -0.25) is 9.78 Å². The molecule has 0 spiro atoms. The molecular weight excluding hydrogens is 207 g/mol. The average Bonchev–Trinajstić information content (AvgIpc) is 2.28. The molecule has 1 rings (SSSR count). The molecule has 0 saturated carbocycles. The van der Waals surface area contributed by atoms with Crippen molar-refractivity contribution in [3.05, 3.63) is 29.8 Å². The third-order valence-corrected chi connectivity index (χ3v) is 2.28. The fourth-order valence-corrected chi connectivity index (χ4v) is 1.57. The van der Waals surface area contributed by atoms with E-state index in [1.165, 1.54) is 12.3 Å². The van der Waals surface area contributed by atoms with Crippen molar-refractivity contribution in [1.29, 1.82) is 0 Å². The van der Waals surface area contributed by atoms with E-state index in [9.17, 15) is 9.18 Å². The summed E-state index contributed by atoms with van der Waals surface area (Å²) >= 11 is 0. The summed E-state index contributed by atoms with van der Waals surface area (Å²) in [5, 5.41) is 0. The van der Waals surface area contributed by atoms with Crippen LogP contribution in [0.2, 0.25) is 0 Å². The van der Waals surface area contributed by atoms with Crippen molar-refractivity contribution in [2.45, 2.75) is 26.7 Å². The summed E-state index contributed by atoms with van der Waals surface area (Å²) < 4.78 is 13.4.